The summed E-state index contributed by atoms with van der Waals surface area (Å²) in [4.78, 5) is 22.6. The van der Waals surface area contributed by atoms with E-state index in [0.717, 1.165) is 25.7 Å². The van der Waals surface area contributed by atoms with Crippen LogP contribution in [-0.2, 0) is 9.59 Å². The average molecular weight is 266 g/mol. The molecule has 19 heavy (non-hydrogen) atoms. The van der Waals surface area contributed by atoms with E-state index in [-0.39, 0.29) is 5.41 Å². The highest BCUT2D eigenvalue weighted by molar-refractivity contribution is 5.86. The van der Waals surface area contributed by atoms with Crippen molar-refractivity contribution in [3.8, 4) is 0 Å². The van der Waals surface area contributed by atoms with E-state index in [1.807, 2.05) is 20.8 Å². The Balaban J connectivity index is 0.000000191. The monoisotopic (exact) mass is 266 g/mol. The molecule has 2 heteroatoms. The third kappa shape index (κ3) is 4.43. The minimum Gasteiger partial charge on any atom is -0.299 e. The van der Waals surface area contributed by atoms with Gasteiger partial charge in [-0.1, -0.05) is 47.5 Å². The molecule has 0 spiro atoms. The van der Waals surface area contributed by atoms with Crippen molar-refractivity contribution in [3.63, 3.8) is 0 Å². The summed E-state index contributed by atoms with van der Waals surface area (Å²) in [6.45, 7) is 10.2. The molecule has 0 radical (unpaired) electrons. The number of rotatable bonds is 0. The van der Waals surface area contributed by atoms with Gasteiger partial charge in [-0.2, -0.15) is 0 Å². The van der Waals surface area contributed by atoms with Crippen LogP contribution in [0.15, 0.2) is 0 Å². The fourth-order valence-corrected chi connectivity index (χ4v) is 3.27. The molecule has 0 heterocycles. The number of hydrogen-bond acceptors (Lipinski definition) is 2. The van der Waals surface area contributed by atoms with Gasteiger partial charge in [0.25, 0.3) is 0 Å². The van der Waals surface area contributed by atoms with E-state index >= 15 is 0 Å². The molecule has 2 aliphatic rings. The van der Waals surface area contributed by atoms with E-state index in [0.29, 0.717) is 29.3 Å². The van der Waals surface area contributed by atoms with Crippen molar-refractivity contribution in [3.05, 3.63) is 0 Å². The van der Waals surface area contributed by atoms with Gasteiger partial charge in [-0.15, -0.1) is 0 Å². The van der Waals surface area contributed by atoms with Gasteiger partial charge in [0.2, 0.25) is 0 Å². The van der Waals surface area contributed by atoms with Crippen molar-refractivity contribution in [2.45, 2.75) is 73.1 Å². The molecule has 2 fully saturated rings. The van der Waals surface area contributed by atoms with Crippen LogP contribution in [0.5, 0.6) is 0 Å². The Morgan fingerprint density at radius 1 is 0.842 bits per heavy atom. The number of Topliss-reactive ketones (excluding diaryl/α,β-unsaturated/α-hetero) is 2. The molecule has 0 bridgehead atoms. The van der Waals surface area contributed by atoms with E-state index in [2.05, 4.69) is 13.8 Å². The molecule has 0 saturated heterocycles. The van der Waals surface area contributed by atoms with Crippen molar-refractivity contribution < 1.29 is 9.59 Å². The second-order valence-corrected chi connectivity index (χ2v) is 7.18. The molecule has 2 saturated carbocycles. The fourth-order valence-electron chi connectivity index (χ4n) is 3.27. The highest BCUT2D eigenvalue weighted by atomic mass is 16.1. The SMILES string of the molecule is CC1CCCC(C)(C)C1=O.CC1CCCC(C)C1=O. The standard InChI is InChI=1S/C9H16O.C8H14O/c1-7-5-4-6-9(2,3)8(7)10;1-6-4-3-5-7(2)8(6)9/h7H,4-6H2,1-3H3;6-7H,3-5H2,1-2H3. The van der Waals surface area contributed by atoms with Gasteiger partial charge in [0.05, 0.1) is 0 Å². The zero-order valence-electron chi connectivity index (χ0n) is 13.3. The maximum Gasteiger partial charge on any atom is 0.141 e. The first-order valence-corrected chi connectivity index (χ1v) is 7.83. The van der Waals surface area contributed by atoms with Crippen molar-refractivity contribution in [2.75, 3.05) is 0 Å². The van der Waals surface area contributed by atoms with Crippen molar-refractivity contribution in [2.24, 2.45) is 23.2 Å². The van der Waals surface area contributed by atoms with E-state index in [1.54, 1.807) is 0 Å². The molecular formula is C17H30O2. The third-order valence-corrected chi connectivity index (χ3v) is 4.80. The van der Waals surface area contributed by atoms with Crippen LogP contribution in [0.4, 0.5) is 0 Å². The molecule has 3 atom stereocenters. The first-order chi connectivity index (χ1) is 8.75. The summed E-state index contributed by atoms with van der Waals surface area (Å²) in [5.74, 6) is 1.92. The molecule has 0 aromatic carbocycles. The predicted molar refractivity (Wildman–Crippen MR) is 79.0 cm³/mol. The third-order valence-electron chi connectivity index (χ3n) is 4.80. The Morgan fingerprint density at radius 3 is 1.68 bits per heavy atom. The number of ketones is 2. The van der Waals surface area contributed by atoms with Crippen LogP contribution in [0.2, 0.25) is 0 Å². The maximum absolute atomic E-state index is 11.4. The average Bonchev–Trinajstić information content (AvgIpc) is 2.34. The largest absolute Gasteiger partial charge is 0.299 e. The van der Waals surface area contributed by atoms with Crippen LogP contribution >= 0.6 is 0 Å². The van der Waals surface area contributed by atoms with Gasteiger partial charge in [-0.05, 0) is 25.7 Å². The Bertz CT molecular complexity index is 318. The van der Waals surface area contributed by atoms with Crippen LogP contribution in [0.25, 0.3) is 0 Å². The lowest BCUT2D eigenvalue weighted by atomic mass is 9.72. The van der Waals surface area contributed by atoms with E-state index < -0.39 is 0 Å². The van der Waals surface area contributed by atoms with Gasteiger partial charge in [0.1, 0.15) is 11.6 Å². The summed E-state index contributed by atoms with van der Waals surface area (Å²) < 4.78 is 0. The number of carbonyl (C=O) groups is 2. The van der Waals surface area contributed by atoms with Gasteiger partial charge in [0.15, 0.2) is 0 Å². The molecule has 2 rings (SSSR count). The number of hydrogen-bond donors (Lipinski definition) is 0. The molecule has 110 valence electrons. The normalized spacial score (nSPS) is 34.5. The topological polar surface area (TPSA) is 34.1 Å². The van der Waals surface area contributed by atoms with E-state index in [1.165, 1.54) is 12.8 Å². The Labute approximate surface area is 118 Å². The van der Waals surface area contributed by atoms with Crippen LogP contribution in [-0.4, -0.2) is 11.6 Å². The van der Waals surface area contributed by atoms with Crippen molar-refractivity contribution in [1.29, 1.82) is 0 Å². The van der Waals surface area contributed by atoms with Gasteiger partial charge >= 0.3 is 0 Å². The summed E-state index contributed by atoms with van der Waals surface area (Å²) in [5.41, 5.74) is -0.0301. The van der Waals surface area contributed by atoms with Crippen LogP contribution in [0, 0.1) is 23.2 Å². The Kier molecular flexibility index (Phi) is 5.76. The summed E-state index contributed by atoms with van der Waals surface area (Å²) in [7, 11) is 0. The summed E-state index contributed by atoms with van der Waals surface area (Å²) in [5, 5.41) is 0. The number of carbonyl (C=O) groups excluding carboxylic acids is 2. The van der Waals surface area contributed by atoms with Gasteiger partial charge in [-0.3, -0.25) is 9.59 Å². The van der Waals surface area contributed by atoms with Gasteiger partial charge in [-0.25, -0.2) is 0 Å². The Hall–Kier alpha value is -0.660. The lowest BCUT2D eigenvalue weighted by Gasteiger charge is -2.31. The first kappa shape index (κ1) is 16.4. The van der Waals surface area contributed by atoms with E-state index in [4.69, 9.17) is 0 Å². The first-order valence-electron chi connectivity index (χ1n) is 7.83. The predicted octanol–water partition coefficient (Wildman–Crippen LogP) is 4.41. The van der Waals surface area contributed by atoms with E-state index in [9.17, 15) is 9.59 Å². The molecule has 2 nitrogen and oxygen atoms in total. The molecule has 0 amide bonds. The van der Waals surface area contributed by atoms with Crippen molar-refractivity contribution >= 4 is 11.6 Å². The smallest absolute Gasteiger partial charge is 0.141 e. The highest BCUT2D eigenvalue weighted by Gasteiger charge is 2.34. The molecule has 0 N–H and O–H groups in total. The molecule has 0 aromatic heterocycles. The second kappa shape index (κ2) is 6.67. The highest BCUT2D eigenvalue weighted by Crippen LogP contribution is 2.34. The van der Waals surface area contributed by atoms with Crippen LogP contribution in [0.1, 0.15) is 73.1 Å². The summed E-state index contributed by atoms with van der Waals surface area (Å²) in [6.07, 6.45) is 6.87. The molecule has 2 aliphatic carbocycles. The van der Waals surface area contributed by atoms with Gasteiger partial charge in [0, 0.05) is 23.2 Å². The lowest BCUT2D eigenvalue weighted by molar-refractivity contribution is -0.133. The lowest BCUT2D eigenvalue weighted by Crippen LogP contribution is -2.33. The molecule has 0 aromatic rings. The summed E-state index contributed by atoms with van der Waals surface area (Å²) >= 11 is 0. The Morgan fingerprint density at radius 2 is 1.32 bits per heavy atom. The quantitative estimate of drug-likeness (QED) is 0.650. The molecule has 3 unspecified atom stereocenters. The van der Waals surface area contributed by atoms with Crippen LogP contribution in [0.3, 0.4) is 0 Å². The molecular weight excluding hydrogens is 236 g/mol. The van der Waals surface area contributed by atoms with Gasteiger partial charge < -0.3 is 0 Å². The maximum atomic E-state index is 11.4. The summed E-state index contributed by atoms with van der Waals surface area (Å²) in [6, 6.07) is 0. The zero-order valence-corrected chi connectivity index (χ0v) is 13.3. The van der Waals surface area contributed by atoms with Crippen molar-refractivity contribution in [1.82, 2.24) is 0 Å². The van der Waals surface area contributed by atoms with Crippen LogP contribution < -0.4 is 0 Å². The molecule has 0 aliphatic heterocycles. The zero-order chi connectivity index (χ0) is 14.6. The second-order valence-electron chi connectivity index (χ2n) is 7.18. The minimum absolute atomic E-state index is 0.0301. The fraction of sp³-hybridized carbons (Fsp3) is 0.882. The minimum atomic E-state index is -0.0301.